The Kier molecular flexibility index (Phi) is 4.74. The van der Waals surface area contributed by atoms with Crippen molar-refractivity contribution >= 4 is 11.7 Å². The average molecular weight is 267 g/mol. The fourth-order valence-electron chi connectivity index (χ4n) is 2.16. The van der Waals surface area contributed by atoms with E-state index in [1.54, 1.807) is 0 Å². The lowest BCUT2D eigenvalue weighted by Gasteiger charge is -2.09. The van der Waals surface area contributed by atoms with Gasteiger partial charge in [0, 0.05) is 12.3 Å². The molecule has 5 heteroatoms. The van der Waals surface area contributed by atoms with E-state index in [0.717, 1.165) is 44.4 Å². The third-order valence-corrected chi connectivity index (χ3v) is 3.08. The molecule has 1 aliphatic heterocycles. The molecule has 0 spiro atoms. The van der Waals surface area contributed by atoms with E-state index in [-0.39, 0.29) is 11.3 Å². The highest BCUT2D eigenvalue weighted by atomic mass is 19.1. The second kappa shape index (κ2) is 6.52. The number of hydrogen-bond donors (Lipinski definition) is 1. The Morgan fingerprint density at radius 3 is 3.00 bits per heavy atom. The van der Waals surface area contributed by atoms with E-state index in [4.69, 9.17) is 15.2 Å². The summed E-state index contributed by atoms with van der Waals surface area (Å²) in [6.45, 7) is 1.14. The summed E-state index contributed by atoms with van der Waals surface area (Å²) in [7, 11) is 0. The molecule has 1 atom stereocenters. The summed E-state index contributed by atoms with van der Waals surface area (Å²) in [5, 5.41) is 0. The third kappa shape index (κ3) is 4.21. The molecule has 2 rings (SSSR count). The zero-order valence-corrected chi connectivity index (χ0v) is 10.7. The van der Waals surface area contributed by atoms with Gasteiger partial charge in [0.05, 0.1) is 18.3 Å². The molecule has 2 N–H and O–H groups in total. The van der Waals surface area contributed by atoms with Crippen molar-refractivity contribution in [3.63, 3.8) is 0 Å². The summed E-state index contributed by atoms with van der Waals surface area (Å²) in [6, 6.07) is 3.69. The van der Waals surface area contributed by atoms with Crippen molar-refractivity contribution in [2.45, 2.75) is 31.8 Å². The molecule has 1 heterocycles. The molecule has 1 aliphatic rings. The van der Waals surface area contributed by atoms with E-state index >= 15 is 0 Å². The molecule has 1 aromatic carbocycles. The highest BCUT2D eigenvalue weighted by Crippen LogP contribution is 2.17. The number of carbonyl (C=O) groups is 1. The van der Waals surface area contributed by atoms with Gasteiger partial charge >= 0.3 is 5.97 Å². The predicted molar refractivity (Wildman–Crippen MR) is 69.3 cm³/mol. The van der Waals surface area contributed by atoms with Crippen molar-refractivity contribution in [2.24, 2.45) is 0 Å². The van der Waals surface area contributed by atoms with E-state index in [1.165, 1.54) is 6.07 Å². The number of esters is 1. The topological polar surface area (TPSA) is 61.6 Å². The first-order chi connectivity index (χ1) is 9.15. The molecular formula is C14H18FNO3. The fraction of sp³-hybridized carbons (Fsp3) is 0.500. The molecule has 0 saturated carbocycles. The van der Waals surface area contributed by atoms with Crippen LogP contribution >= 0.6 is 0 Å². The monoisotopic (exact) mass is 267 g/mol. The summed E-state index contributed by atoms with van der Waals surface area (Å²) >= 11 is 0. The zero-order chi connectivity index (χ0) is 13.7. The maximum absolute atomic E-state index is 13.1. The molecule has 19 heavy (non-hydrogen) atoms. The molecule has 1 saturated heterocycles. The molecule has 1 fully saturated rings. The lowest BCUT2D eigenvalue weighted by molar-refractivity contribution is 0.0461. The Morgan fingerprint density at radius 1 is 1.47 bits per heavy atom. The van der Waals surface area contributed by atoms with Crippen molar-refractivity contribution in [1.29, 1.82) is 0 Å². The number of halogens is 1. The van der Waals surface area contributed by atoms with Crippen molar-refractivity contribution in [3.8, 4) is 0 Å². The van der Waals surface area contributed by atoms with Crippen LogP contribution in [0, 0.1) is 5.82 Å². The van der Waals surface area contributed by atoms with Crippen LogP contribution in [0.15, 0.2) is 18.2 Å². The van der Waals surface area contributed by atoms with Crippen molar-refractivity contribution in [1.82, 2.24) is 0 Å². The van der Waals surface area contributed by atoms with Gasteiger partial charge in [-0.25, -0.2) is 9.18 Å². The van der Waals surface area contributed by atoms with Crippen LogP contribution in [-0.4, -0.2) is 25.3 Å². The minimum atomic E-state index is -0.543. The Hall–Kier alpha value is -1.62. The highest BCUT2D eigenvalue weighted by Gasteiger charge is 2.15. The van der Waals surface area contributed by atoms with Gasteiger partial charge in [0.25, 0.3) is 0 Å². The van der Waals surface area contributed by atoms with Gasteiger partial charge in [-0.3, -0.25) is 0 Å². The number of rotatable bonds is 5. The highest BCUT2D eigenvalue weighted by molar-refractivity contribution is 5.90. The van der Waals surface area contributed by atoms with Crippen LogP contribution in [0.2, 0.25) is 0 Å². The Balaban J connectivity index is 1.74. The van der Waals surface area contributed by atoms with Gasteiger partial charge in [-0.1, -0.05) is 0 Å². The number of benzene rings is 1. The molecule has 0 bridgehead atoms. The van der Waals surface area contributed by atoms with Gasteiger partial charge in [0.1, 0.15) is 5.82 Å². The molecule has 104 valence electrons. The molecule has 1 unspecified atom stereocenters. The van der Waals surface area contributed by atoms with Crippen LogP contribution in [0.3, 0.4) is 0 Å². The molecule has 1 aromatic rings. The Bertz CT molecular complexity index is 424. The first-order valence-electron chi connectivity index (χ1n) is 6.50. The van der Waals surface area contributed by atoms with Crippen LogP contribution in [-0.2, 0) is 9.47 Å². The molecule has 0 aromatic heterocycles. The second-order valence-electron chi connectivity index (χ2n) is 4.69. The lowest BCUT2D eigenvalue weighted by atomic mass is 10.1. The summed E-state index contributed by atoms with van der Waals surface area (Å²) in [4.78, 5) is 11.7. The van der Waals surface area contributed by atoms with E-state index < -0.39 is 11.8 Å². The summed E-state index contributed by atoms with van der Waals surface area (Å²) in [6.07, 6.45) is 4.12. The van der Waals surface area contributed by atoms with Crippen molar-refractivity contribution < 1.29 is 18.7 Å². The van der Waals surface area contributed by atoms with Gasteiger partial charge < -0.3 is 15.2 Å². The summed E-state index contributed by atoms with van der Waals surface area (Å²) < 4.78 is 23.6. The van der Waals surface area contributed by atoms with Crippen molar-refractivity contribution in [3.05, 3.63) is 29.6 Å². The van der Waals surface area contributed by atoms with Crippen LogP contribution in [0.4, 0.5) is 10.1 Å². The molecule has 0 aliphatic carbocycles. The smallest absolute Gasteiger partial charge is 0.338 e. The van der Waals surface area contributed by atoms with Gasteiger partial charge in [-0.05, 0) is 43.9 Å². The van der Waals surface area contributed by atoms with E-state index in [9.17, 15) is 9.18 Å². The normalized spacial score (nSPS) is 18.5. The number of anilines is 1. The van der Waals surface area contributed by atoms with Crippen LogP contribution in [0.25, 0.3) is 0 Å². The molecule has 0 radical (unpaired) electrons. The van der Waals surface area contributed by atoms with Crippen LogP contribution in [0.1, 0.15) is 36.0 Å². The van der Waals surface area contributed by atoms with Gasteiger partial charge in [0.15, 0.2) is 0 Å². The SMILES string of the molecule is Nc1cc(F)cc(C(=O)OCCCC2CCCO2)c1. The zero-order valence-electron chi connectivity index (χ0n) is 10.7. The summed E-state index contributed by atoms with van der Waals surface area (Å²) in [5.74, 6) is -1.08. The Labute approximate surface area is 111 Å². The third-order valence-electron chi connectivity index (χ3n) is 3.08. The van der Waals surface area contributed by atoms with Crippen molar-refractivity contribution in [2.75, 3.05) is 18.9 Å². The van der Waals surface area contributed by atoms with E-state index in [2.05, 4.69) is 0 Å². The minimum absolute atomic E-state index is 0.148. The number of hydrogen-bond acceptors (Lipinski definition) is 4. The number of ether oxygens (including phenoxy) is 2. The van der Waals surface area contributed by atoms with Gasteiger partial charge in [-0.15, -0.1) is 0 Å². The summed E-state index contributed by atoms with van der Waals surface area (Å²) in [5.41, 5.74) is 5.83. The van der Waals surface area contributed by atoms with Gasteiger partial charge in [-0.2, -0.15) is 0 Å². The minimum Gasteiger partial charge on any atom is -0.462 e. The molecule has 4 nitrogen and oxygen atoms in total. The molecular weight excluding hydrogens is 249 g/mol. The number of nitrogen functional groups attached to an aromatic ring is 1. The lowest BCUT2D eigenvalue weighted by Crippen LogP contribution is -2.10. The number of carbonyl (C=O) groups excluding carboxylic acids is 1. The first kappa shape index (κ1) is 13.8. The largest absolute Gasteiger partial charge is 0.462 e. The van der Waals surface area contributed by atoms with Crippen LogP contribution in [0.5, 0.6) is 0 Å². The quantitative estimate of drug-likeness (QED) is 0.506. The van der Waals surface area contributed by atoms with E-state index in [0.29, 0.717) is 12.7 Å². The maximum Gasteiger partial charge on any atom is 0.338 e. The fourth-order valence-corrected chi connectivity index (χ4v) is 2.16. The van der Waals surface area contributed by atoms with Crippen LogP contribution < -0.4 is 5.73 Å². The second-order valence-corrected chi connectivity index (χ2v) is 4.69. The number of nitrogens with two attached hydrogens (primary N) is 1. The maximum atomic E-state index is 13.1. The standard InChI is InChI=1S/C14H18FNO3/c15-11-7-10(8-12(16)9-11)14(17)19-6-2-4-13-3-1-5-18-13/h7-9,13H,1-6,16H2. The van der Waals surface area contributed by atoms with E-state index in [1.807, 2.05) is 0 Å². The molecule has 0 amide bonds. The first-order valence-corrected chi connectivity index (χ1v) is 6.50. The predicted octanol–water partition coefficient (Wildman–Crippen LogP) is 2.52. The van der Waals surface area contributed by atoms with Gasteiger partial charge in [0.2, 0.25) is 0 Å². The average Bonchev–Trinajstić information content (AvgIpc) is 2.86. The Morgan fingerprint density at radius 2 is 2.32 bits per heavy atom.